The van der Waals surface area contributed by atoms with E-state index in [9.17, 15) is 14.4 Å². The van der Waals surface area contributed by atoms with Crippen LogP contribution in [0.25, 0.3) is 0 Å². The Balaban J connectivity index is 2.11. The summed E-state index contributed by atoms with van der Waals surface area (Å²) in [5, 5.41) is 2.96. The van der Waals surface area contributed by atoms with Crippen LogP contribution in [-0.4, -0.2) is 73.2 Å². The summed E-state index contributed by atoms with van der Waals surface area (Å²) in [7, 11) is 3.71. The third-order valence-corrected chi connectivity index (χ3v) is 5.43. The van der Waals surface area contributed by atoms with Crippen molar-refractivity contribution in [1.29, 1.82) is 0 Å². The monoisotopic (exact) mass is 401 g/mol. The fourth-order valence-electron chi connectivity index (χ4n) is 3.72. The Bertz CT molecular complexity index is 665. The van der Waals surface area contributed by atoms with E-state index in [4.69, 9.17) is 5.73 Å². The smallest absolute Gasteiger partial charge is 0.245 e. The molecule has 159 valence electrons. The number of carbonyl (C=O) groups excluding carboxylic acids is 3. The molecule has 0 aliphatic carbocycles. The van der Waals surface area contributed by atoms with E-state index in [0.717, 1.165) is 24.8 Å². The zero-order chi connectivity index (χ0) is 21.2. The van der Waals surface area contributed by atoms with Gasteiger partial charge in [-0.15, -0.1) is 0 Å². The highest BCUT2D eigenvalue weighted by atomic mass is 16.2. The van der Waals surface area contributed by atoms with Crippen LogP contribution in [0.4, 0.5) is 0 Å². The molecule has 1 fully saturated rings. The summed E-state index contributed by atoms with van der Waals surface area (Å²) >= 11 is 0. The van der Waals surface area contributed by atoms with Crippen molar-refractivity contribution in [3.05, 3.63) is 35.9 Å². The minimum atomic E-state index is -0.652. The predicted octanol–water partition coefficient (Wildman–Crippen LogP) is 0.874. The number of hydrogen-bond donors (Lipinski definition) is 2. The summed E-state index contributed by atoms with van der Waals surface area (Å²) < 4.78 is 0. The van der Waals surface area contributed by atoms with Gasteiger partial charge in [0, 0.05) is 6.54 Å². The fraction of sp³-hybridized carbons (Fsp3) is 0.591. The van der Waals surface area contributed by atoms with Gasteiger partial charge in [-0.2, -0.15) is 0 Å². The van der Waals surface area contributed by atoms with Crippen LogP contribution in [0.3, 0.4) is 0 Å². The number of unbranched alkanes of at least 4 members (excludes halogenated alkanes) is 1. The maximum absolute atomic E-state index is 13.1. The van der Waals surface area contributed by atoms with Gasteiger partial charge in [0.2, 0.25) is 18.1 Å². The van der Waals surface area contributed by atoms with E-state index >= 15 is 0 Å². The highest BCUT2D eigenvalue weighted by Gasteiger charge is 2.35. The number of benzene rings is 1. The topological polar surface area (TPSA) is 95.7 Å². The largest absolute Gasteiger partial charge is 0.343 e. The van der Waals surface area contributed by atoms with E-state index in [1.165, 1.54) is 0 Å². The number of nitrogens with zero attached hydrogens (tertiary/aromatic N) is 2. The molecule has 29 heavy (non-hydrogen) atoms. The third-order valence-electron chi connectivity index (χ3n) is 5.43. The second-order valence-electron chi connectivity index (χ2n) is 7.82. The van der Waals surface area contributed by atoms with E-state index in [2.05, 4.69) is 5.32 Å². The fourth-order valence-corrected chi connectivity index (χ4v) is 3.72. The first-order valence-corrected chi connectivity index (χ1v) is 10.4. The van der Waals surface area contributed by atoms with Crippen LogP contribution in [0, 0.1) is 0 Å². The molecule has 0 spiro atoms. The van der Waals surface area contributed by atoms with Gasteiger partial charge >= 0.3 is 0 Å². The van der Waals surface area contributed by atoms with Crippen LogP contribution in [0.2, 0.25) is 0 Å². The molecule has 1 heterocycles. The Morgan fingerprint density at radius 1 is 1.28 bits per heavy atom. The lowest BCUT2D eigenvalue weighted by atomic mass is 10.0. The van der Waals surface area contributed by atoms with Gasteiger partial charge in [-0.25, -0.2) is 0 Å². The number of amides is 2. The molecule has 0 unspecified atom stereocenters. The molecule has 7 heteroatoms. The van der Waals surface area contributed by atoms with Crippen molar-refractivity contribution in [1.82, 2.24) is 15.1 Å². The van der Waals surface area contributed by atoms with Crippen molar-refractivity contribution in [2.75, 3.05) is 27.2 Å². The Morgan fingerprint density at radius 3 is 2.62 bits per heavy atom. The molecule has 7 nitrogen and oxygen atoms in total. The molecule has 1 aliphatic heterocycles. The Morgan fingerprint density at radius 2 is 2.00 bits per heavy atom. The summed E-state index contributed by atoms with van der Waals surface area (Å²) in [5.74, 6) is -0.380. The van der Waals surface area contributed by atoms with Gasteiger partial charge in [0.05, 0.1) is 12.1 Å². The molecule has 3 N–H and O–H groups in total. The van der Waals surface area contributed by atoms with Crippen LogP contribution >= 0.6 is 0 Å². The predicted molar refractivity (Wildman–Crippen MR) is 113 cm³/mol. The van der Waals surface area contributed by atoms with E-state index in [0.29, 0.717) is 32.4 Å². The highest BCUT2D eigenvalue weighted by molar-refractivity contribution is 5.91. The average molecular weight is 402 g/mol. The normalized spacial score (nSPS) is 18.5. The molecular formula is C22H33N4O3. The number of nitrogens with one attached hydrogen (secondary N) is 1. The summed E-state index contributed by atoms with van der Waals surface area (Å²) in [4.78, 5) is 40.8. The average Bonchev–Trinajstić information content (AvgIpc) is 3.20. The van der Waals surface area contributed by atoms with E-state index in [1.807, 2.05) is 55.6 Å². The lowest BCUT2D eigenvalue weighted by molar-refractivity contribution is -0.137. The Kier molecular flexibility index (Phi) is 9.28. The first-order valence-electron chi connectivity index (χ1n) is 10.4. The first kappa shape index (κ1) is 23.0. The van der Waals surface area contributed by atoms with Crippen LogP contribution in [0.15, 0.2) is 30.3 Å². The zero-order valence-corrected chi connectivity index (χ0v) is 17.5. The number of rotatable bonds is 11. The van der Waals surface area contributed by atoms with Gasteiger partial charge < -0.3 is 16.0 Å². The molecule has 1 saturated heterocycles. The van der Waals surface area contributed by atoms with Crippen molar-refractivity contribution in [2.24, 2.45) is 5.73 Å². The molecule has 3 atom stereocenters. The number of carbonyl (C=O) groups is 2. The molecule has 1 aliphatic rings. The first-order chi connectivity index (χ1) is 14.0. The molecule has 2 rings (SSSR count). The second-order valence-corrected chi connectivity index (χ2v) is 7.82. The van der Waals surface area contributed by atoms with Crippen molar-refractivity contribution in [2.45, 2.75) is 56.7 Å². The lowest BCUT2D eigenvalue weighted by Crippen LogP contribution is -2.54. The third kappa shape index (κ3) is 6.65. The number of hydrogen-bond acceptors (Lipinski definition) is 5. The van der Waals surface area contributed by atoms with Crippen LogP contribution in [0.5, 0.6) is 0 Å². The highest BCUT2D eigenvalue weighted by Crippen LogP contribution is 2.18. The Labute approximate surface area is 173 Å². The molecule has 1 radical (unpaired) electrons. The van der Waals surface area contributed by atoms with E-state index < -0.39 is 18.1 Å². The molecule has 0 aromatic heterocycles. The van der Waals surface area contributed by atoms with Gasteiger partial charge in [0.1, 0.15) is 6.04 Å². The molecule has 1 aromatic carbocycles. The second kappa shape index (κ2) is 11.7. The standard InChI is InChI=1S/C22H33N4O3/c1-25(2)20(15-17-9-4-3-5-10-17)21(28)24-19(12-6-7-13-23)22(29)26-14-8-11-18(26)16-27/h3-5,9-10,18-20H,6-8,11-15,23H2,1-2H3,(H,24,28)/t18-,19-,20-/m0/s1. The van der Waals surface area contributed by atoms with Crippen LogP contribution < -0.4 is 11.1 Å². The molecule has 1 aromatic rings. The van der Waals surface area contributed by atoms with E-state index in [1.54, 1.807) is 4.90 Å². The van der Waals surface area contributed by atoms with Gasteiger partial charge in [-0.3, -0.25) is 19.3 Å². The van der Waals surface area contributed by atoms with Gasteiger partial charge in [0.25, 0.3) is 0 Å². The van der Waals surface area contributed by atoms with E-state index in [-0.39, 0.29) is 11.8 Å². The SMILES string of the molecule is CN(C)[C@@H](Cc1ccccc1)C(=O)N[C@@H](CCCCN)C(=O)N1CCC[C@H]1[C]=O. The van der Waals surface area contributed by atoms with Crippen molar-refractivity contribution in [3.63, 3.8) is 0 Å². The molecule has 2 amide bonds. The van der Waals surface area contributed by atoms with Crippen molar-refractivity contribution >= 4 is 18.1 Å². The van der Waals surface area contributed by atoms with Crippen molar-refractivity contribution in [3.8, 4) is 0 Å². The summed E-state index contributed by atoms with van der Waals surface area (Å²) in [5.41, 5.74) is 6.65. The van der Waals surface area contributed by atoms with Crippen LogP contribution in [0.1, 0.15) is 37.7 Å². The zero-order valence-electron chi connectivity index (χ0n) is 17.5. The molecule has 0 saturated carbocycles. The quantitative estimate of drug-likeness (QED) is 0.537. The molecular weight excluding hydrogens is 368 g/mol. The number of nitrogens with two attached hydrogens (primary N) is 1. The minimum Gasteiger partial charge on any atom is -0.343 e. The number of likely N-dealkylation sites (tertiary alicyclic amines) is 1. The maximum atomic E-state index is 13.1. The summed E-state index contributed by atoms with van der Waals surface area (Å²) in [6.07, 6.45) is 5.95. The van der Waals surface area contributed by atoms with Gasteiger partial charge in [-0.1, -0.05) is 30.3 Å². The maximum Gasteiger partial charge on any atom is 0.245 e. The summed E-state index contributed by atoms with van der Waals surface area (Å²) in [6, 6.07) is 8.26. The van der Waals surface area contributed by atoms with Gasteiger partial charge in [-0.05, 0) is 64.7 Å². The minimum absolute atomic E-state index is 0.184. The molecule has 0 bridgehead atoms. The number of likely N-dealkylation sites (N-methyl/N-ethyl adjacent to an activating group) is 1. The van der Waals surface area contributed by atoms with Crippen molar-refractivity contribution < 1.29 is 14.4 Å². The Hall–Kier alpha value is -2.25. The summed E-state index contributed by atoms with van der Waals surface area (Å²) in [6.45, 7) is 1.07. The lowest BCUT2D eigenvalue weighted by Gasteiger charge is -2.29. The van der Waals surface area contributed by atoms with Gasteiger partial charge in [0.15, 0.2) is 0 Å². The van der Waals surface area contributed by atoms with Crippen LogP contribution in [-0.2, 0) is 20.8 Å².